The largest absolute Gasteiger partial charge is 0.445 e. The minimum Gasteiger partial charge on any atom is -0.301 e. The van der Waals surface area contributed by atoms with Gasteiger partial charge in [-0.05, 0) is 0 Å². The zero-order chi connectivity index (χ0) is 10.1. The highest BCUT2D eigenvalue weighted by Gasteiger charge is 2.35. The molecule has 0 spiro atoms. The minimum absolute atomic E-state index is 0.153. The number of amides is 1. The molecule has 0 radical (unpaired) electrons. The third kappa shape index (κ3) is 2.65. The molecule has 0 saturated heterocycles. The van der Waals surface area contributed by atoms with Gasteiger partial charge in [0.25, 0.3) is 0 Å². The number of halogens is 3. The summed E-state index contributed by atoms with van der Waals surface area (Å²) < 4.78 is 35.8. The van der Waals surface area contributed by atoms with Crippen molar-refractivity contribution in [3.8, 4) is 0 Å². The van der Waals surface area contributed by atoms with Crippen LogP contribution < -0.4 is 5.32 Å². The standard InChI is InChI=1S/C5H4F3N3OS/c1-2(12)9-4-11-10-3(13-4)5(6,7)8/h1H3,(H,9,11,12). The molecular weight excluding hydrogens is 207 g/mol. The molecule has 1 amide bonds. The minimum atomic E-state index is -4.51. The monoisotopic (exact) mass is 211 g/mol. The quantitative estimate of drug-likeness (QED) is 0.766. The fourth-order valence-electron chi connectivity index (χ4n) is 0.539. The Morgan fingerprint density at radius 1 is 1.46 bits per heavy atom. The fourth-order valence-corrected chi connectivity index (χ4v) is 1.20. The van der Waals surface area contributed by atoms with Crippen LogP contribution in [0.5, 0.6) is 0 Å². The lowest BCUT2D eigenvalue weighted by Gasteiger charge is -1.97. The molecule has 0 aliphatic carbocycles. The van der Waals surface area contributed by atoms with Gasteiger partial charge < -0.3 is 5.32 Å². The Morgan fingerprint density at radius 2 is 2.08 bits per heavy atom. The van der Waals surface area contributed by atoms with Gasteiger partial charge >= 0.3 is 6.18 Å². The molecule has 0 aliphatic heterocycles. The Kier molecular flexibility index (Phi) is 2.50. The second-order valence-electron chi connectivity index (χ2n) is 2.09. The summed E-state index contributed by atoms with van der Waals surface area (Å²) in [6.07, 6.45) is -4.51. The molecular formula is C5H4F3N3OS. The van der Waals surface area contributed by atoms with Crippen molar-refractivity contribution in [2.45, 2.75) is 13.1 Å². The molecule has 4 nitrogen and oxygen atoms in total. The molecule has 1 N–H and O–H groups in total. The molecule has 0 atom stereocenters. The maximum atomic E-state index is 11.9. The zero-order valence-corrected chi connectivity index (χ0v) is 7.16. The van der Waals surface area contributed by atoms with Crippen LogP contribution >= 0.6 is 11.3 Å². The number of hydrogen-bond donors (Lipinski definition) is 1. The first-order valence-corrected chi connectivity index (χ1v) is 3.89. The summed E-state index contributed by atoms with van der Waals surface area (Å²) in [6.45, 7) is 1.18. The van der Waals surface area contributed by atoms with Crippen LogP contribution in [0.4, 0.5) is 18.3 Å². The van der Waals surface area contributed by atoms with E-state index in [2.05, 4.69) is 15.5 Å². The molecule has 13 heavy (non-hydrogen) atoms. The first kappa shape index (κ1) is 9.90. The maximum absolute atomic E-state index is 11.9. The van der Waals surface area contributed by atoms with Crippen molar-refractivity contribution in [2.75, 3.05) is 5.32 Å². The van der Waals surface area contributed by atoms with Crippen molar-refractivity contribution in [1.82, 2.24) is 10.2 Å². The van der Waals surface area contributed by atoms with Crippen molar-refractivity contribution in [3.63, 3.8) is 0 Å². The average Bonchev–Trinajstić information content (AvgIpc) is 2.32. The van der Waals surface area contributed by atoms with Gasteiger partial charge in [-0.3, -0.25) is 4.79 Å². The zero-order valence-electron chi connectivity index (χ0n) is 6.34. The van der Waals surface area contributed by atoms with Gasteiger partial charge in [0, 0.05) is 6.92 Å². The summed E-state index contributed by atoms with van der Waals surface area (Å²) >= 11 is 0.289. The number of aromatic nitrogens is 2. The average molecular weight is 211 g/mol. The SMILES string of the molecule is CC(=O)Nc1nnc(C(F)(F)F)s1. The predicted molar refractivity (Wildman–Crippen MR) is 39.2 cm³/mol. The van der Waals surface area contributed by atoms with E-state index in [9.17, 15) is 18.0 Å². The van der Waals surface area contributed by atoms with Gasteiger partial charge in [0.15, 0.2) is 0 Å². The number of rotatable bonds is 1. The number of alkyl halides is 3. The molecule has 1 heterocycles. The number of carbonyl (C=O) groups is 1. The van der Waals surface area contributed by atoms with Crippen LogP contribution in [0, 0.1) is 0 Å². The molecule has 1 aromatic rings. The van der Waals surface area contributed by atoms with Crippen LogP contribution in [-0.4, -0.2) is 16.1 Å². The van der Waals surface area contributed by atoms with Gasteiger partial charge in [-0.15, -0.1) is 10.2 Å². The normalized spacial score (nSPS) is 11.4. The highest BCUT2D eigenvalue weighted by molar-refractivity contribution is 7.15. The van der Waals surface area contributed by atoms with E-state index in [0.29, 0.717) is 0 Å². The lowest BCUT2D eigenvalue weighted by Crippen LogP contribution is -2.04. The molecule has 8 heteroatoms. The summed E-state index contributed by atoms with van der Waals surface area (Å²) in [5.41, 5.74) is 0. The van der Waals surface area contributed by atoms with Crippen LogP contribution in [0.15, 0.2) is 0 Å². The van der Waals surface area contributed by atoms with Crippen LogP contribution in [0.3, 0.4) is 0 Å². The lowest BCUT2D eigenvalue weighted by molar-refractivity contribution is -0.138. The number of nitrogens with one attached hydrogen (secondary N) is 1. The number of carbonyl (C=O) groups excluding carboxylic acids is 1. The van der Waals surface area contributed by atoms with E-state index in [1.54, 1.807) is 0 Å². The third-order valence-electron chi connectivity index (χ3n) is 0.950. The van der Waals surface area contributed by atoms with Gasteiger partial charge in [-0.25, -0.2) is 0 Å². The molecule has 0 aromatic carbocycles. The molecule has 0 saturated carbocycles. The van der Waals surface area contributed by atoms with Gasteiger partial charge in [0.05, 0.1) is 0 Å². The van der Waals surface area contributed by atoms with E-state index in [1.807, 2.05) is 0 Å². The van der Waals surface area contributed by atoms with E-state index >= 15 is 0 Å². The van der Waals surface area contributed by atoms with E-state index in [4.69, 9.17) is 0 Å². The summed E-state index contributed by atoms with van der Waals surface area (Å²) in [6, 6.07) is 0. The first-order chi connectivity index (χ1) is 5.89. The van der Waals surface area contributed by atoms with Gasteiger partial charge in [-0.2, -0.15) is 13.2 Å². The Bertz CT molecular complexity index is 321. The molecule has 1 rings (SSSR count). The Hall–Kier alpha value is -1.18. The van der Waals surface area contributed by atoms with Crippen LogP contribution in [-0.2, 0) is 11.0 Å². The van der Waals surface area contributed by atoms with Crippen molar-refractivity contribution >= 4 is 22.4 Å². The van der Waals surface area contributed by atoms with Crippen LogP contribution in [0.2, 0.25) is 0 Å². The number of anilines is 1. The van der Waals surface area contributed by atoms with E-state index in [0.717, 1.165) is 0 Å². The molecule has 0 fully saturated rings. The Labute approximate surface area is 74.8 Å². The predicted octanol–water partition coefficient (Wildman–Crippen LogP) is 1.52. The first-order valence-electron chi connectivity index (χ1n) is 3.08. The van der Waals surface area contributed by atoms with E-state index < -0.39 is 17.1 Å². The highest BCUT2D eigenvalue weighted by Crippen LogP contribution is 2.32. The van der Waals surface area contributed by atoms with Gasteiger partial charge in [-0.1, -0.05) is 11.3 Å². The van der Waals surface area contributed by atoms with Crippen molar-refractivity contribution < 1.29 is 18.0 Å². The number of nitrogens with zero attached hydrogens (tertiary/aromatic N) is 2. The molecule has 1 aromatic heterocycles. The highest BCUT2D eigenvalue weighted by atomic mass is 32.1. The smallest absolute Gasteiger partial charge is 0.301 e. The Morgan fingerprint density at radius 3 is 2.46 bits per heavy atom. The molecule has 0 aliphatic rings. The second kappa shape index (κ2) is 3.29. The summed E-state index contributed by atoms with van der Waals surface area (Å²) in [5.74, 6) is -0.482. The van der Waals surface area contributed by atoms with Crippen LogP contribution in [0.25, 0.3) is 0 Å². The topological polar surface area (TPSA) is 54.9 Å². The molecule has 0 unspecified atom stereocenters. The van der Waals surface area contributed by atoms with E-state index in [1.165, 1.54) is 6.92 Å². The third-order valence-corrected chi connectivity index (χ3v) is 1.83. The van der Waals surface area contributed by atoms with Crippen molar-refractivity contribution in [2.24, 2.45) is 0 Å². The molecule has 0 bridgehead atoms. The summed E-state index contributed by atoms with van der Waals surface area (Å²) in [4.78, 5) is 10.4. The van der Waals surface area contributed by atoms with Crippen molar-refractivity contribution in [1.29, 1.82) is 0 Å². The van der Waals surface area contributed by atoms with Gasteiger partial charge in [0.2, 0.25) is 16.0 Å². The summed E-state index contributed by atoms with van der Waals surface area (Å²) in [5, 5.41) is 6.89. The maximum Gasteiger partial charge on any atom is 0.445 e. The molecule has 72 valence electrons. The van der Waals surface area contributed by atoms with E-state index in [-0.39, 0.29) is 16.5 Å². The Balaban J connectivity index is 2.81. The van der Waals surface area contributed by atoms with Crippen molar-refractivity contribution in [3.05, 3.63) is 5.01 Å². The van der Waals surface area contributed by atoms with Crippen LogP contribution in [0.1, 0.15) is 11.9 Å². The fraction of sp³-hybridized carbons (Fsp3) is 0.400. The second-order valence-corrected chi connectivity index (χ2v) is 3.07. The summed E-state index contributed by atoms with van der Waals surface area (Å²) in [7, 11) is 0. The lowest BCUT2D eigenvalue weighted by atomic mass is 10.7. The number of hydrogen-bond acceptors (Lipinski definition) is 4. The van der Waals surface area contributed by atoms with Gasteiger partial charge in [0.1, 0.15) is 0 Å².